The van der Waals surface area contributed by atoms with Crippen LogP contribution < -0.4 is 0 Å². The fraction of sp³-hybridized carbons (Fsp3) is 0.208. The normalized spacial score (nSPS) is 17.0. The lowest BCUT2D eigenvalue weighted by atomic mass is 9.92. The number of nitrogens with zero attached hydrogens (tertiary/aromatic N) is 1. The quantitative estimate of drug-likeness (QED) is 0.646. The lowest BCUT2D eigenvalue weighted by molar-refractivity contribution is -0.130. The molecule has 0 spiro atoms. The summed E-state index contributed by atoms with van der Waals surface area (Å²) in [4.78, 5) is 14.6. The number of carbonyl (C=O) groups is 1. The number of hydrogen-bond donors (Lipinski definition) is 1. The summed E-state index contributed by atoms with van der Waals surface area (Å²) in [5.74, 6) is 0.527. The molecule has 0 saturated carbocycles. The van der Waals surface area contributed by atoms with E-state index in [1.807, 2.05) is 48.5 Å². The van der Waals surface area contributed by atoms with Gasteiger partial charge in [0.05, 0.1) is 18.8 Å². The molecule has 0 aliphatic carbocycles. The highest BCUT2D eigenvalue weighted by Gasteiger charge is 2.41. The maximum Gasteiger partial charge on any atom is 0.290 e. The molecule has 4 rings (SSSR count). The van der Waals surface area contributed by atoms with Crippen molar-refractivity contribution in [1.82, 2.24) is 4.90 Å². The van der Waals surface area contributed by atoms with Gasteiger partial charge in [0, 0.05) is 5.57 Å². The summed E-state index contributed by atoms with van der Waals surface area (Å²) in [7, 11) is 0. The monoisotopic (exact) mass is 373 g/mol. The van der Waals surface area contributed by atoms with E-state index in [0.717, 1.165) is 11.1 Å². The van der Waals surface area contributed by atoms with Gasteiger partial charge in [0.25, 0.3) is 5.91 Å². The molecule has 0 bridgehead atoms. The average molecular weight is 373 g/mol. The lowest BCUT2D eigenvalue weighted by Gasteiger charge is -2.27. The fourth-order valence-electron chi connectivity index (χ4n) is 3.71. The van der Waals surface area contributed by atoms with Crippen molar-refractivity contribution >= 4 is 11.5 Å². The van der Waals surface area contributed by atoms with E-state index in [9.17, 15) is 9.90 Å². The molecule has 0 saturated heterocycles. The number of aliphatic hydroxyl groups excluding tert-OH is 1. The highest BCUT2D eigenvalue weighted by molar-refractivity contribution is 6.05. The predicted octanol–water partition coefficient (Wildman–Crippen LogP) is 5.46. The molecule has 1 amide bonds. The first-order valence-corrected chi connectivity index (χ1v) is 9.48. The van der Waals surface area contributed by atoms with Crippen LogP contribution in [0.25, 0.3) is 5.57 Å². The van der Waals surface area contributed by atoms with Crippen molar-refractivity contribution in [3.8, 4) is 0 Å². The van der Waals surface area contributed by atoms with Gasteiger partial charge in [0.15, 0.2) is 5.76 Å². The van der Waals surface area contributed by atoms with E-state index in [-0.39, 0.29) is 17.7 Å². The molecule has 1 aliphatic rings. The summed E-state index contributed by atoms with van der Waals surface area (Å²) >= 11 is 0. The summed E-state index contributed by atoms with van der Waals surface area (Å²) < 4.78 is 5.46. The Hall–Kier alpha value is -3.27. The van der Waals surface area contributed by atoms with Crippen LogP contribution in [0.4, 0.5) is 0 Å². The third-order valence-electron chi connectivity index (χ3n) is 5.21. The van der Waals surface area contributed by atoms with Crippen molar-refractivity contribution in [2.24, 2.45) is 0 Å². The average Bonchev–Trinajstić information content (AvgIpc) is 3.31. The molecule has 4 nitrogen and oxygen atoms in total. The molecule has 4 heteroatoms. The largest absolute Gasteiger partial charge is 0.503 e. The van der Waals surface area contributed by atoms with E-state index in [0.29, 0.717) is 23.8 Å². The topological polar surface area (TPSA) is 53.7 Å². The summed E-state index contributed by atoms with van der Waals surface area (Å²) in [6.07, 6.45) is 1.59. The third-order valence-corrected chi connectivity index (χ3v) is 5.21. The van der Waals surface area contributed by atoms with Crippen LogP contribution in [0.15, 0.2) is 83.2 Å². The minimum absolute atomic E-state index is 0.198. The molecule has 28 heavy (non-hydrogen) atoms. The number of amides is 1. The number of hydrogen-bond acceptors (Lipinski definition) is 3. The molecule has 0 radical (unpaired) electrons. The highest BCUT2D eigenvalue weighted by Crippen LogP contribution is 2.43. The standard InChI is InChI=1S/C24H23NO3/c1-16(2)17-10-12-19(13-11-17)22-21(18-7-4-3-5-8-18)23(26)24(27)25(22)15-20-9-6-14-28-20/h3-14,16,22,26H,15H2,1-2H3/t22-/m1/s1. The highest BCUT2D eigenvalue weighted by atomic mass is 16.3. The van der Waals surface area contributed by atoms with E-state index in [1.54, 1.807) is 17.2 Å². The molecule has 1 N–H and O–H groups in total. The summed E-state index contributed by atoms with van der Waals surface area (Å²) in [5, 5.41) is 10.7. The van der Waals surface area contributed by atoms with Gasteiger partial charge in [0.1, 0.15) is 5.76 Å². The van der Waals surface area contributed by atoms with Crippen molar-refractivity contribution in [2.45, 2.75) is 32.4 Å². The first-order valence-electron chi connectivity index (χ1n) is 9.48. The van der Waals surface area contributed by atoms with Crippen LogP contribution in [0.5, 0.6) is 0 Å². The SMILES string of the molecule is CC(C)c1ccc([C@@H]2C(c3ccccc3)=C(O)C(=O)N2Cc2ccco2)cc1. The van der Waals surface area contributed by atoms with Gasteiger partial charge in [-0.15, -0.1) is 0 Å². The zero-order chi connectivity index (χ0) is 19.7. The van der Waals surface area contributed by atoms with E-state index in [2.05, 4.69) is 26.0 Å². The molecule has 1 aliphatic heterocycles. The maximum absolute atomic E-state index is 13.0. The molecular formula is C24H23NO3. The van der Waals surface area contributed by atoms with Gasteiger partial charge in [-0.3, -0.25) is 4.79 Å². The molecular weight excluding hydrogens is 350 g/mol. The van der Waals surface area contributed by atoms with Crippen LogP contribution in [0.2, 0.25) is 0 Å². The summed E-state index contributed by atoms with van der Waals surface area (Å²) in [5.41, 5.74) is 3.68. The molecule has 1 aromatic heterocycles. The van der Waals surface area contributed by atoms with Crippen LogP contribution in [0.3, 0.4) is 0 Å². The number of furan rings is 1. The van der Waals surface area contributed by atoms with Gasteiger partial charge < -0.3 is 14.4 Å². The van der Waals surface area contributed by atoms with Crippen LogP contribution in [0.1, 0.15) is 48.3 Å². The predicted molar refractivity (Wildman–Crippen MR) is 109 cm³/mol. The molecule has 3 aromatic rings. The molecule has 2 aromatic carbocycles. The first-order chi connectivity index (χ1) is 13.6. The van der Waals surface area contributed by atoms with Gasteiger partial charge in [-0.1, -0.05) is 68.4 Å². The second-order valence-electron chi connectivity index (χ2n) is 7.36. The van der Waals surface area contributed by atoms with Crippen LogP contribution in [-0.2, 0) is 11.3 Å². The first kappa shape index (κ1) is 18.1. The van der Waals surface area contributed by atoms with E-state index >= 15 is 0 Å². The fourth-order valence-corrected chi connectivity index (χ4v) is 3.71. The Bertz CT molecular complexity index is 986. The number of aliphatic hydroxyl groups is 1. The second-order valence-corrected chi connectivity index (χ2v) is 7.36. The lowest BCUT2D eigenvalue weighted by Crippen LogP contribution is -2.29. The van der Waals surface area contributed by atoms with Crippen molar-refractivity contribution in [3.63, 3.8) is 0 Å². The Labute approximate surface area is 164 Å². The van der Waals surface area contributed by atoms with Crippen LogP contribution >= 0.6 is 0 Å². The molecule has 142 valence electrons. The Morgan fingerprint density at radius 3 is 2.32 bits per heavy atom. The van der Waals surface area contributed by atoms with Gasteiger partial charge in [-0.05, 0) is 34.7 Å². The molecule has 0 unspecified atom stereocenters. The van der Waals surface area contributed by atoms with Gasteiger partial charge >= 0.3 is 0 Å². The molecule has 0 fully saturated rings. The van der Waals surface area contributed by atoms with Crippen LogP contribution in [0, 0.1) is 0 Å². The van der Waals surface area contributed by atoms with Gasteiger partial charge in [-0.25, -0.2) is 0 Å². The van der Waals surface area contributed by atoms with Gasteiger partial charge in [-0.2, -0.15) is 0 Å². The Balaban J connectivity index is 1.80. The minimum atomic E-state index is -0.381. The van der Waals surface area contributed by atoms with Gasteiger partial charge in [0.2, 0.25) is 0 Å². The molecule has 2 heterocycles. The molecule has 1 atom stereocenters. The van der Waals surface area contributed by atoms with Crippen molar-refractivity contribution in [2.75, 3.05) is 0 Å². The number of rotatable bonds is 5. The van der Waals surface area contributed by atoms with Crippen molar-refractivity contribution < 1.29 is 14.3 Å². The van der Waals surface area contributed by atoms with Crippen molar-refractivity contribution in [1.29, 1.82) is 0 Å². The van der Waals surface area contributed by atoms with Crippen LogP contribution in [-0.4, -0.2) is 15.9 Å². The number of carbonyl (C=O) groups excluding carboxylic acids is 1. The zero-order valence-electron chi connectivity index (χ0n) is 16.0. The van der Waals surface area contributed by atoms with Crippen molar-refractivity contribution in [3.05, 3.63) is 101 Å². The Morgan fingerprint density at radius 2 is 1.71 bits per heavy atom. The smallest absolute Gasteiger partial charge is 0.290 e. The second kappa shape index (κ2) is 7.39. The minimum Gasteiger partial charge on any atom is -0.503 e. The van der Waals surface area contributed by atoms with E-state index < -0.39 is 0 Å². The third kappa shape index (κ3) is 3.22. The maximum atomic E-state index is 13.0. The Kier molecular flexibility index (Phi) is 4.78. The Morgan fingerprint density at radius 1 is 1.00 bits per heavy atom. The van der Waals surface area contributed by atoms with E-state index in [4.69, 9.17) is 4.42 Å². The summed E-state index contributed by atoms with van der Waals surface area (Å²) in [6.45, 7) is 4.60. The zero-order valence-corrected chi connectivity index (χ0v) is 16.0. The number of benzene rings is 2. The van der Waals surface area contributed by atoms with E-state index in [1.165, 1.54) is 5.56 Å². The summed E-state index contributed by atoms with van der Waals surface area (Å²) in [6, 6.07) is 21.1.